The summed E-state index contributed by atoms with van der Waals surface area (Å²) < 4.78 is 28.0. The van der Waals surface area contributed by atoms with Crippen LogP contribution in [0.25, 0.3) is 0 Å². The number of aliphatic hydroxyl groups excluding tert-OH is 1. The summed E-state index contributed by atoms with van der Waals surface area (Å²) in [5.41, 5.74) is 4.45. The third kappa shape index (κ3) is 8.27. The SMILES string of the molecule is CCOc1cc([C@H]2NC(=O)NC(C)=C2C(=O)OC)ccc1OC[C@@H](O)N/N=C\c1cc(Br)c(OCC#N)c(OCC)c1. The average Bonchev–Trinajstić information content (AvgIpc) is 2.95. The van der Waals surface area contributed by atoms with Gasteiger partial charge in [0.15, 0.2) is 35.8 Å². The standard InChI is InChI=1S/C28H32BrN5O8/c1-5-39-21-13-18(25-24(27(36)38-4)16(3)32-28(37)33-25)7-8-20(21)42-15-23(35)34-31-14-17-11-19(29)26(41-10-9-30)22(12-17)40-6-2/h7-8,11-14,23,25,34-35H,5-6,10,15H2,1-4H3,(H2,32,33,37)/b31-14-/t23-,25-/m1/s1. The van der Waals surface area contributed by atoms with Gasteiger partial charge in [-0.05, 0) is 72.1 Å². The lowest BCUT2D eigenvalue weighted by Gasteiger charge is -2.28. The van der Waals surface area contributed by atoms with Gasteiger partial charge in [-0.1, -0.05) is 6.07 Å². The normalized spacial score (nSPS) is 15.3. The molecule has 2 aromatic rings. The van der Waals surface area contributed by atoms with Gasteiger partial charge in [-0.2, -0.15) is 10.4 Å². The van der Waals surface area contributed by atoms with Gasteiger partial charge in [0.05, 0.1) is 42.6 Å². The van der Waals surface area contributed by atoms with Crippen molar-refractivity contribution in [3.63, 3.8) is 0 Å². The van der Waals surface area contributed by atoms with E-state index >= 15 is 0 Å². The van der Waals surface area contributed by atoms with Crippen molar-refractivity contribution in [3.8, 4) is 29.1 Å². The molecule has 13 nitrogen and oxygen atoms in total. The monoisotopic (exact) mass is 645 g/mol. The van der Waals surface area contributed by atoms with Gasteiger partial charge in [0.2, 0.25) is 0 Å². The predicted molar refractivity (Wildman–Crippen MR) is 155 cm³/mol. The number of urea groups is 1. The summed E-state index contributed by atoms with van der Waals surface area (Å²) in [5.74, 6) is 0.954. The maximum atomic E-state index is 12.4. The lowest BCUT2D eigenvalue weighted by molar-refractivity contribution is -0.136. The minimum absolute atomic E-state index is 0.131. The Morgan fingerprint density at radius 2 is 1.90 bits per heavy atom. The van der Waals surface area contributed by atoms with Crippen molar-refractivity contribution in [2.24, 2.45) is 5.10 Å². The molecule has 0 saturated heterocycles. The first kappa shape index (κ1) is 32.0. The molecule has 224 valence electrons. The molecule has 2 amide bonds. The summed E-state index contributed by atoms with van der Waals surface area (Å²) in [6.45, 7) is 5.65. The molecule has 0 fully saturated rings. The number of carbonyl (C=O) groups excluding carboxylic acids is 2. The fourth-order valence-corrected chi connectivity index (χ4v) is 4.56. The molecule has 0 saturated carbocycles. The van der Waals surface area contributed by atoms with E-state index < -0.39 is 24.3 Å². The second-order valence-corrected chi connectivity index (χ2v) is 9.48. The Morgan fingerprint density at radius 1 is 1.17 bits per heavy atom. The first-order valence-electron chi connectivity index (χ1n) is 12.9. The molecule has 14 heteroatoms. The Balaban J connectivity index is 1.69. The number of nitrogens with zero attached hydrogens (tertiary/aromatic N) is 2. The molecule has 3 rings (SSSR count). The average molecular weight is 646 g/mol. The largest absolute Gasteiger partial charge is 0.490 e. The van der Waals surface area contributed by atoms with Gasteiger partial charge in [-0.25, -0.2) is 9.59 Å². The fraction of sp³-hybridized carbons (Fsp3) is 0.357. The minimum atomic E-state index is -1.18. The quantitative estimate of drug-likeness (QED) is 0.103. The van der Waals surface area contributed by atoms with Crippen LogP contribution in [-0.2, 0) is 9.53 Å². The summed E-state index contributed by atoms with van der Waals surface area (Å²) in [6.07, 6.45) is 0.302. The number of hydrogen-bond donors (Lipinski definition) is 4. The molecular weight excluding hydrogens is 614 g/mol. The Labute approximate surface area is 251 Å². The zero-order valence-corrected chi connectivity index (χ0v) is 25.1. The number of hydrazone groups is 1. The molecule has 1 aliphatic heterocycles. The van der Waals surface area contributed by atoms with E-state index in [1.54, 1.807) is 44.2 Å². The van der Waals surface area contributed by atoms with E-state index in [0.29, 0.717) is 57.5 Å². The van der Waals surface area contributed by atoms with Crippen LogP contribution in [-0.4, -0.2) is 63.1 Å². The van der Waals surface area contributed by atoms with Crippen LogP contribution in [0, 0.1) is 11.3 Å². The van der Waals surface area contributed by atoms with Crippen molar-refractivity contribution in [2.45, 2.75) is 33.0 Å². The minimum Gasteiger partial charge on any atom is -0.490 e. The van der Waals surface area contributed by atoms with E-state index in [1.807, 2.05) is 13.0 Å². The van der Waals surface area contributed by atoms with Crippen LogP contribution < -0.4 is 35.0 Å². The molecule has 0 bridgehead atoms. The summed E-state index contributed by atoms with van der Waals surface area (Å²) in [7, 11) is 1.27. The van der Waals surface area contributed by atoms with Crippen LogP contribution in [0.15, 0.2) is 51.2 Å². The van der Waals surface area contributed by atoms with Gasteiger partial charge in [0.1, 0.15) is 12.7 Å². The fourth-order valence-electron chi connectivity index (χ4n) is 3.99. The highest BCUT2D eigenvalue weighted by atomic mass is 79.9. The highest BCUT2D eigenvalue weighted by Gasteiger charge is 2.32. The highest BCUT2D eigenvalue weighted by molar-refractivity contribution is 9.10. The van der Waals surface area contributed by atoms with Gasteiger partial charge < -0.3 is 39.4 Å². The number of rotatable bonds is 14. The van der Waals surface area contributed by atoms with E-state index in [0.717, 1.165) is 0 Å². The van der Waals surface area contributed by atoms with E-state index in [-0.39, 0.29) is 18.8 Å². The van der Waals surface area contributed by atoms with Crippen molar-refractivity contribution >= 4 is 34.1 Å². The molecule has 0 spiro atoms. The molecule has 2 aromatic carbocycles. The van der Waals surface area contributed by atoms with Crippen LogP contribution in [0.2, 0.25) is 0 Å². The van der Waals surface area contributed by atoms with Gasteiger partial charge in [-0.15, -0.1) is 0 Å². The van der Waals surface area contributed by atoms with E-state index in [2.05, 4.69) is 37.1 Å². The third-order valence-corrected chi connectivity index (χ3v) is 6.31. The molecular formula is C28H32BrN5O8. The number of carbonyl (C=O) groups is 2. The Bertz CT molecular complexity index is 1390. The van der Waals surface area contributed by atoms with E-state index in [1.165, 1.54) is 13.3 Å². The highest BCUT2D eigenvalue weighted by Crippen LogP contribution is 2.37. The molecule has 0 unspecified atom stereocenters. The van der Waals surface area contributed by atoms with Crippen LogP contribution in [0.1, 0.15) is 37.9 Å². The van der Waals surface area contributed by atoms with Crippen LogP contribution >= 0.6 is 15.9 Å². The van der Waals surface area contributed by atoms with Gasteiger partial charge in [0, 0.05) is 5.70 Å². The van der Waals surface area contributed by atoms with Crippen molar-refractivity contribution in [3.05, 3.63) is 57.2 Å². The molecule has 4 N–H and O–H groups in total. The van der Waals surface area contributed by atoms with Crippen molar-refractivity contribution in [2.75, 3.05) is 33.5 Å². The predicted octanol–water partition coefficient (Wildman–Crippen LogP) is 3.27. The Hall–Kier alpha value is -4.48. The first-order valence-corrected chi connectivity index (χ1v) is 13.7. The number of nitriles is 1. The topological polar surface area (TPSA) is 173 Å². The number of benzene rings is 2. The Kier molecular flexibility index (Phi) is 11.8. The van der Waals surface area contributed by atoms with Crippen LogP contribution in [0.5, 0.6) is 23.0 Å². The van der Waals surface area contributed by atoms with Crippen LogP contribution in [0.4, 0.5) is 4.79 Å². The second kappa shape index (κ2) is 15.5. The van der Waals surface area contributed by atoms with Gasteiger partial charge >= 0.3 is 12.0 Å². The van der Waals surface area contributed by atoms with Gasteiger partial charge in [-0.3, -0.25) is 5.43 Å². The lowest BCUT2D eigenvalue weighted by Crippen LogP contribution is -2.45. The number of allylic oxidation sites excluding steroid dienone is 1. The summed E-state index contributed by atoms with van der Waals surface area (Å²) in [6, 6.07) is 9.07. The zero-order chi connectivity index (χ0) is 30.6. The molecule has 42 heavy (non-hydrogen) atoms. The van der Waals surface area contributed by atoms with Crippen molar-refractivity contribution in [1.82, 2.24) is 16.1 Å². The number of ether oxygens (including phenoxy) is 5. The van der Waals surface area contributed by atoms with Crippen molar-refractivity contribution < 1.29 is 38.4 Å². The number of nitrogens with one attached hydrogen (secondary N) is 3. The second-order valence-electron chi connectivity index (χ2n) is 8.62. The number of hydrogen-bond acceptors (Lipinski definition) is 11. The first-order chi connectivity index (χ1) is 20.2. The molecule has 0 aliphatic carbocycles. The number of amides is 2. The third-order valence-electron chi connectivity index (χ3n) is 5.72. The summed E-state index contributed by atoms with van der Waals surface area (Å²) in [4.78, 5) is 24.5. The van der Waals surface area contributed by atoms with Crippen LogP contribution in [0.3, 0.4) is 0 Å². The molecule has 2 atom stereocenters. The van der Waals surface area contributed by atoms with E-state index in [9.17, 15) is 14.7 Å². The number of aliphatic hydroxyl groups is 1. The van der Waals surface area contributed by atoms with Crippen molar-refractivity contribution in [1.29, 1.82) is 5.26 Å². The smallest absolute Gasteiger partial charge is 0.337 e. The maximum absolute atomic E-state index is 12.4. The molecule has 0 radical (unpaired) electrons. The van der Waals surface area contributed by atoms with Gasteiger partial charge in [0.25, 0.3) is 0 Å². The number of halogens is 1. The molecule has 1 aliphatic rings. The Morgan fingerprint density at radius 3 is 2.60 bits per heavy atom. The number of esters is 1. The number of methoxy groups -OCH3 is 1. The zero-order valence-electron chi connectivity index (χ0n) is 23.5. The lowest BCUT2D eigenvalue weighted by atomic mass is 9.95. The maximum Gasteiger partial charge on any atom is 0.337 e. The molecule has 1 heterocycles. The van der Waals surface area contributed by atoms with E-state index in [4.69, 9.17) is 28.9 Å². The summed E-state index contributed by atoms with van der Waals surface area (Å²) in [5, 5.41) is 28.6. The molecule has 0 aromatic heterocycles. The summed E-state index contributed by atoms with van der Waals surface area (Å²) >= 11 is 3.41.